The van der Waals surface area contributed by atoms with Crippen molar-refractivity contribution in [3.8, 4) is 0 Å². The molecule has 5 aromatic rings. The van der Waals surface area contributed by atoms with E-state index in [0.29, 0.717) is 37.4 Å². The van der Waals surface area contributed by atoms with Gasteiger partial charge in [-0.3, -0.25) is 14.5 Å². The Morgan fingerprint density at radius 1 is 1.09 bits per heavy atom. The van der Waals surface area contributed by atoms with Gasteiger partial charge in [-0.15, -0.1) is 0 Å². The van der Waals surface area contributed by atoms with Crippen LogP contribution in [0.4, 0.5) is 9.52 Å². The van der Waals surface area contributed by atoms with Gasteiger partial charge in [0.25, 0.3) is 5.91 Å². The van der Waals surface area contributed by atoms with Gasteiger partial charge in [-0.25, -0.2) is 14.2 Å². The van der Waals surface area contributed by atoms with E-state index in [1.54, 1.807) is 48.5 Å². The van der Waals surface area contributed by atoms with Crippen LogP contribution in [0.25, 0.3) is 21.2 Å². The number of para-hydroxylation sites is 1. The first-order valence-corrected chi connectivity index (χ1v) is 11.4. The van der Waals surface area contributed by atoms with Gasteiger partial charge in [0, 0.05) is 0 Å². The minimum Gasteiger partial charge on any atom is -0.465 e. The number of anilines is 1. The van der Waals surface area contributed by atoms with Gasteiger partial charge < -0.3 is 9.15 Å². The van der Waals surface area contributed by atoms with Crippen LogP contribution in [-0.4, -0.2) is 24.0 Å². The minimum atomic E-state index is -0.851. The topological polar surface area (TPSA) is 89.7 Å². The molecular weight excluding hydrogens is 471 g/mol. The Hall–Kier alpha value is -4.37. The normalized spacial score (nSPS) is 15.1. The first-order valence-electron chi connectivity index (χ1n) is 10.6. The van der Waals surface area contributed by atoms with Crippen LogP contribution in [-0.2, 0) is 4.74 Å². The second-order valence-electron chi connectivity index (χ2n) is 7.97. The number of amides is 1. The number of hydrogen-bond acceptors (Lipinski definition) is 7. The van der Waals surface area contributed by atoms with Gasteiger partial charge in [0.15, 0.2) is 10.6 Å². The van der Waals surface area contributed by atoms with Crippen LogP contribution in [0.15, 0.2) is 75.9 Å². The zero-order valence-electron chi connectivity index (χ0n) is 18.2. The second-order valence-corrected chi connectivity index (χ2v) is 8.98. The highest BCUT2D eigenvalue weighted by Gasteiger charge is 2.45. The van der Waals surface area contributed by atoms with E-state index in [4.69, 9.17) is 9.15 Å². The van der Waals surface area contributed by atoms with Crippen molar-refractivity contribution < 1.29 is 23.1 Å². The van der Waals surface area contributed by atoms with Crippen LogP contribution in [0.5, 0.6) is 0 Å². The number of benzene rings is 3. The molecule has 35 heavy (non-hydrogen) atoms. The van der Waals surface area contributed by atoms with Gasteiger partial charge in [0.05, 0.1) is 39.9 Å². The molecule has 1 aliphatic rings. The van der Waals surface area contributed by atoms with Crippen molar-refractivity contribution in [1.29, 1.82) is 0 Å². The third-order valence-corrected chi connectivity index (χ3v) is 6.99. The molecule has 3 heterocycles. The maximum absolute atomic E-state index is 13.8. The van der Waals surface area contributed by atoms with E-state index in [1.807, 2.05) is 0 Å². The summed E-state index contributed by atoms with van der Waals surface area (Å²) in [4.78, 5) is 45.1. The molecule has 1 atom stereocenters. The predicted octanol–water partition coefficient (Wildman–Crippen LogP) is 5.08. The van der Waals surface area contributed by atoms with Crippen LogP contribution in [0.2, 0.25) is 0 Å². The van der Waals surface area contributed by atoms with E-state index >= 15 is 0 Å². The molecule has 7 nitrogen and oxygen atoms in total. The first kappa shape index (κ1) is 21.2. The largest absolute Gasteiger partial charge is 0.465 e. The predicted molar refractivity (Wildman–Crippen MR) is 128 cm³/mol. The number of ether oxygens (including phenoxy) is 1. The summed E-state index contributed by atoms with van der Waals surface area (Å²) in [6.45, 7) is 0. The molecule has 3 aromatic carbocycles. The van der Waals surface area contributed by atoms with Crippen LogP contribution < -0.4 is 10.3 Å². The summed E-state index contributed by atoms with van der Waals surface area (Å²) in [6, 6.07) is 16.5. The number of carbonyl (C=O) groups excluding carboxylic acids is 2. The number of aromatic nitrogens is 1. The third kappa shape index (κ3) is 3.23. The zero-order chi connectivity index (χ0) is 24.3. The lowest BCUT2D eigenvalue weighted by molar-refractivity contribution is 0.0600. The molecule has 2 aromatic heterocycles. The summed E-state index contributed by atoms with van der Waals surface area (Å²) in [5, 5.41) is 0.649. The summed E-state index contributed by atoms with van der Waals surface area (Å²) in [7, 11) is 1.29. The summed E-state index contributed by atoms with van der Waals surface area (Å²) >= 11 is 1.14. The molecule has 0 bridgehead atoms. The van der Waals surface area contributed by atoms with Crippen molar-refractivity contribution in [2.75, 3.05) is 12.0 Å². The molecule has 1 unspecified atom stereocenters. The quantitative estimate of drug-likeness (QED) is 0.331. The van der Waals surface area contributed by atoms with Crippen LogP contribution in [0, 0.1) is 5.82 Å². The van der Waals surface area contributed by atoms with E-state index in [9.17, 15) is 18.8 Å². The maximum atomic E-state index is 13.8. The molecule has 9 heteroatoms. The lowest BCUT2D eigenvalue weighted by Gasteiger charge is -2.22. The molecule has 0 aliphatic carbocycles. The molecule has 0 N–H and O–H groups in total. The van der Waals surface area contributed by atoms with Gasteiger partial charge in [-0.1, -0.05) is 35.6 Å². The van der Waals surface area contributed by atoms with Crippen molar-refractivity contribution in [2.24, 2.45) is 0 Å². The Morgan fingerprint density at radius 2 is 1.86 bits per heavy atom. The highest BCUT2D eigenvalue weighted by Crippen LogP contribution is 2.43. The fourth-order valence-electron chi connectivity index (χ4n) is 4.34. The highest BCUT2D eigenvalue weighted by atomic mass is 32.1. The number of halogens is 1. The number of esters is 1. The molecular formula is C26H15FN2O5S. The van der Waals surface area contributed by atoms with E-state index < -0.39 is 23.7 Å². The summed E-state index contributed by atoms with van der Waals surface area (Å²) in [6.07, 6.45) is 0. The summed E-state index contributed by atoms with van der Waals surface area (Å²) in [5.74, 6) is -1.51. The lowest BCUT2D eigenvalue weighted by Crippen LogP contribution is -2.29. The Morgan fingerprint density at radius 3 is 2.63 bits per heavy atom. The average Bonchev–Trinajstić information content (AvgIpc) is 3.42. The smallest absolute Gasteiger partial charge is 0.337 e. The molecule has 1 amide bonds. The Bertz CT molecular complexity index is 1720. The van der Waals surface area contributed by atoms with E-state index in [0.717, 1.165) is 11.3 Å². The third-order valence-electron chi connectivity index (χ3n) is 5.97. The van der Waals surface area contributed by atoms with Crippen molar-refractivity contribution in [3.63, 3.8) is 0 Å². The van der Waals surface area contributed by atoms with Gasteiger partial charge >= 0.3 is 5.97 Å². The van der Waals surface area contributed by atoms with Crippen molar-refractivity contribution in [2.45, 2.75) is 6.04 Å². The van der Waals surface area contributed by atoms with Crippen LogP contribution in [0.3, 0.4) is 0 Å². The van der Waals surface area contributed by atoms with Gasteiger partial charge in [0.2, 0.25) is 5.76 Å². The Balaban J connectivity index is 1.59. The average molecular weight is 486 g/mol. The molecule has 172 valence electrons. The van der Waals surface area contributed by atoms with Crippen molar-refractivity contribution >= 4 is 49.5 Å². The molecule has 0 saturated carbocycles. The SMILES string of the molecule is COC(=O)c1ccc(C2c3c(oc4ccccc4c3=O)C(=O)N2c2nc3ccc(F)cc3s2)cc1. The van der Waals surface area contributed by atoms with Crippen LogP contribution in [0.1, 0.15) is 38.1 Å². The maximum Gasteiger partial charge on any atom is 0.337 e. The van der Waals surface area contributed by atoms with Gasteiger partial charge in [0.1, 0.15) is 11.4 Å². The highest BCUT2D eigenvalue weighted by molar-refractivity contribution is 7.22. The fourth-order valence-corrected chi connectivity index (χ4v) is 5.36. The first-order chi connectivity index (χ1) is 17.0. The number of nitrogens with zero attached hydrogens (tertiary/aromatic N) is 2. The van der Waals surface area contributed by atoms with Crippen molar-refractivity contribution in [3.05, 3.63) is 105 Å². The molecule has 0 saturated heterocycles. The summed E-state index contributed by atoms with van der Waals surface area (Å²) in [5.41, 5.74) is 1.60. The molecule has 0 fully saturated rings. The number of carbonyl (C=O) groups is 2. The van der Waals surface area contributed by atoms with Gasteiger partial charge in [-0.05, 0) is 48.0 Å². The minimum absolute atomic E-state index is 0.0684. The number of fused-ring (bicyclic) bond motifs is 3. The summed E-state index contributed by atoms with van der Waals surface area (Å²) < 4.78 is 25.1. The Kier molecular flexibility index (Phi) is 4.75. The standard InChI is InChI=1S/C26H15FN2O5S/c1-33-25(32)14-8-6-13(7-9-14)21-20-22(30)16-4-2-3-5-18(16)34-23(20)24(31)29(21)26-28-17-11-10-15(27)12-19(17)35-26/h2-12,21H,1H3. The second kappa shape index (κ2) is 7.85. The Labute approximate surface area is 201 Å². The van der Waals surface area contributed by atoms with E-state index in [2.05, 4.69) is 4.98 Å². The fraction of sp³-hybridized carbons (Fsp3) is 0.0769. The number of methoxy groups -OCH3 is 1. The molecule has 0 spiro atoms. The van der Waals surface area contributed by atoms with E-state index in [1.165, 1.54) is 30.2 Å². The molecule has 6 rings (SSSR count). The zero-order valence-corrected chi connectivity index (χ0v) is 19.0. The lowest BCUT2D eigenvalue weighted by atomic mass is 9.98. The molecule has 1 aliphatic heterocycles. The number of rotatable bonds is 3. The van der Waals surface area contributed by atoms with Crippen molar-refractivity contribution in [1.82, 2.24) is 4.98 Å². The monoisotopic (exact) mass is 486 g/mol. The molecule has 0 radical (unpaired) electrons. The van der Waals surface area contributed by atoms with Gasteiger partial charge in [-0.2, -0.15) is 0 Å². The number of hydrogen-bond donors (Lipinski definition) is 0. The van der Waals surface area contributed by atoms with E-state index in [-0.39, 0.29) is 16.8 Å². The van der Waals surface area contributed by atoms with Crippen LogP contribution >= 0.6 is 11.3 Å². The number of thiazole rings is 1.